The van der Waals surface area contributed by atoms with Gasteiger partial charge in [0.2, 0.25) is 0 Å². The van der Waals surface area contributed by atoms with E-state index in [0.717, 1.165) is 6.42 Å². The molecule has 4 nitrogen and oxygen atoms in total. The SMILES string of the molecule is CC1CC1C(O)C(N)C(=O)O. The second-order valence-electron chi connectivity index (χ2n) is 3.23. The van der Waals surface area contributed by atoms with Crippen LogP contribution in [0.3, 0.4) is 0 Å². The van der Waals surface area contributed by atoms with Crippen molar-refractivity contribution < 1.29 is 15.0 Å². The zero-order valence-corrected chi connectivity index (χ0v) is 6.40. The summed E-state index contributed by atoms with van der Waals surface area (Å²) in [5, 5.41) is 17.7. The van der Waals surface area contributed by atoms with Crippen molar-refractivity contribution in [1.82, 2.24) is 0 Å². The van der Waals surface area contributed by atoms with Crippen LogP contribution >= 0.6 is 0 Å². The Kier molecular flexibility index (Phi) is 2.15. The largest absolute Gasteiger partial charge is 0.480 e. The number of carboxylic acid groups (broad SMARTS) is 1. The minimum atomic E-state index is -1.13. The number of aliphatic hydroxyl groups excluding tert-OH is 1. The summed E-state index contributed by atoms with van der Waals surface area (Å²) in [4.78, 5) is 10.3. The van der Waals surface area contributed by atoms with Gasteiger partial charge in [-0.25, -0.2) is 0 Å². The van der Waals surface area contributed by atoms with E-state index in [2.05, 4.69) is 0 Å². The van der Waals surface area contributed by atoms with Crippen LogP contribution in [0.1, 0.15) is 13.3 Å². The van der Waals surface area contributed by atoms with E-state index in [1.165, 1.54) is 0 Å². The fraction of sp³-hybridized carbons (Fsp3) is 0.857. The van der Waals surface area contributed by atoms with Crippen molar-refractivity contribution in [3.05, 3.63) is 0 Å². The van der Waals surface area contributed by atoms with Crippen LogP contribution < -0.4 is 5.73 Å². The van der Waals surface area contributed by atoms with Gasteiger partial charge in [0.05, 0.1) is 6.10 Å². The summed E-state index contributed by atoms with van der Waals surface area (Å²) in [5.74, 6) is -0.604. The summed E-state index contributed by atoms with van der Waals surface area (Å²) in [7, 11) is 0. The smallest absolute Gasteiger partial charge is 0.323 e. The van der Waals surface area contributed by atoms with Crippen molar-refractivity contribution in [2.45, 2.75) is 25.5 Å². The Bertz CT molecular complexity index is 171. The van der Waals surface area contributed by atoms with Gasteiger partial charge in [0.25, 0.3) is 0 Å². The molecule has 1 rings (SSSR count). The van der Waals surface area contributed by atoms with E-state index in [1.54, 1.807) is 0 Å². The first-order chi connectivity index (χ1) is 5.04. The van der Waals surface area contributed by atoms with Gasteiger partial charge in [-0.3, -0.25) is 4.79 Å². The summed E-state index contributed by atoms with van der Waals surface area (Å²) in [5.41, 5.74) is 5.21. The standard InChI is InChI=1S/C7H13NO3/c1-3-2-4(3)6(9)5(8)7(10)11/h3-6,9H,2,8H2,1H3,(H,10,11). The molecule has 4 atom stereocenters. The fourth-order valence-electron chi connectivity index (χ4n) is 1.24. The summed E-state index contributed by atoms with van der Waals surface area (Å²) in [6.07, 6.45) is 0.0183. The summed E-state index contributed by atoms with van der Waals surface area (Å²) in [6.45, 7) is 1.97. The molecule has 1 fully saturated rings. The lowest BCUT2D eigenvalue weighted by Crippen LogP contribution is -2.43. The summed E-state index contributed by atoms with van der Waals surface area (Å²) >= 11 is 0. The Morgan fingerprint density at radius 3 is 2.45 bits per heavy atom. The molecule has 4 unspecified atom stereocenters. The van der Waals surface area contributed by atoms with Gasteiger partial charge in [-0.15, -0.1) is 0 Å². The van der Waals surface area contributed by atoms with Gasteiger partial charge in [0, 0.05) is 0 Å². The third-order valence-electron chi connectivity index (χ3n) is 2.26. The average Bonchev–Trinajstić information content (AvgIpc) is 2.63. The molecule has 4 heteroatoms. The normalized spacial score (nSPS) is 34.5. The number of hydrogen-bond donors (Lipinski definition) is 3. The monoisotopic (exact) mass is 159 g/mol. The Balaban J connectivity index is 2.41. The van der Waals surface area contributed by atoms with Crippen molar-refractivity contribution in [2.24, 2.45) is 17.6 Å². The van der Waals surface area contributed by atoms with Gasteiger partial charge >= 0.3 is 5.97 Å². The number of carboxylic acids is 1. The Labute approximate surface area is 65.0 Å². The number of carbonyl (C=O) groups is 1. The molecular weight excluding hydrogens is 146 g/mol. The van der Waals surface area contributed by atoms with Crippen LogP contribution in [-0.2, 0) is 4.79 Å². The van der Waals surface area contributed by atoms with Crippen LogP contribution in [0, 0.1) is 11.8 Å². The number of aliphatic hydroxyl groups is 1. The molecule has 0 aromatic rings. The van der Waals surface area contributed by atoms with Gasteiger partial charge in [0.15, 0.2) is 0 Å². The minimum Gasteiger partial charge on any atom is -0.480 e. The fourth-order valence-corrected chi connectivity index (χ4v) is 1.24. The quantitative estimate of drug-likeness (QED) is 0.514. The minimum absolute atomic E-state index is 0.0982. The van der Waals surface area contributed by atoms with Crippen LogP contribution in [0.4, 0.5) is 0 Å². The second kappa shape index (κ2) is 2.79. The Morgan fingerprint density at radius 2 is 2.18 bits per heavy atom. The van der Waals surface area contributed by atoms with Gasteiger partial charge in [-0.2, -0.15) is 0 Å². The van der Waals surface area contributed by atoms with E-state index in [0.29, 0.717) is 5.92 Å². The van der Waals surface area contributed by atoms with Gasteiger partial charge in [-0.05, 0) is 18.3 Å². The first-order valence-electron chi connectivity index (χ1n) is 3.70. The number of aliphatic carboxylic acids is 1. The molecule has 0 saturated heterocycles. The highest BCUT2D eigenvalue weighted by atomic mass is 16.4. The van der Waals surface area contributed by atoms with E-state index in [-0.39, 0.29) is 5.92 Å². The van der Waals surface area contributed by atoms with E-state index in [4.69, 9.17) is 10.8 Å². The Hall–Kier alpha value is -0.610. The number of rotatable bonds is 3. The average molecular weight is 159 g/mol. The molecule has 11 heavy (non-hydrogen) atoms. The van der Waals surface area contributed by atoms with Crippen LogP contribution in [0.25, 0.3) is 0 Å². The number of hydrogen-bond acceptors (Lipinski definition) is 3. The van der Waals surface area contributed by atoms with E-state index in [9.17, 15) is 9.90 Å². The number of nitrogens with two attached hydrogens (primary N) is 1. The molecule has 1 aliphatic rings. The van der Waals surface area contributed by atoms with Crippen molar-refractivity contribution >= 4 is 5.97 Å². The molecule has 64 valence electrons. The lowest BCUT2D eigenvalue weighted by atomic mass is 10.1. The van der Waals surface area contributed by atoms with Crippen LogP contribution in [-0.4, -0.2) is 28.3 Å². The molecule has 0 aromatic heterocycles. The molecule has 1 aliphatic carbocycles. The lowest BCUT2D eigenvalue weighted by molar-refractivity contribution is -0.141. The topological polar surface area (TPSA) is 83.5 Å². The molecule has 0 spiro atoms. The lowest BCUT2D eigenvalue weighted by Gasteiger charge is -2.13. The maximum Gasteiger partial charge on any atom is 0.323 e. The van der Waals surface area contributed by atoms with Crippen LogP contribution in [0.5, 0.6) is 0 Å². The molecule has 0 aromatic carbocycles. The van der Waals surface area contributed by atoms with Crippen molar-refractivity contribution in [1.29, 1.82) is 0 Å². The zero-order chi connectivity index (χ0) is 8.59. The van der Waals surface area contributed by atoms with Crippen molar-refractivity contribution in [3.63, 3.8) is 0 Å². The van der Waals surface area contributed by atoms with Crippen LogP contribution in [0.15, 0.2) is 0 Å². The first kappa shape index (κ1) is 8.49. The highest BCUT2D eigenvalue weighted by molar-refractivity contribution is 5.74. The third-order valence-corrected chi connectivity index (χ3v) is 2.26. The van der Waals surface area contributed by atoms with Crippen molar-refractivity contribution in [3.8, 4) is 0 Å². The van der Waals surface area contributed by atoms with E-state index in [1.807, 2.05) is 6.92 Å². The van der Waals surface area contributed by atoms with Gasteiger partial charge in [0.1, 0.15) is 6.04 Å². The van der Waals surface area contributed by atoms with E-state index >= 15 is 0 Å². The molecule has 0 radical (unpaired) electrons. The molecule has 0 aliphatic heterocycles. The maximum absolute atomic E-state index is 10.3. The predicted octanol–water partition coefficient (Wildman–Crippen LogP) is -0.585. The van der Waals surface area contributed by atoms with E-state index < -0.39 is 18.1 Å². The third kappa shape index (κ3) is 1.70. The maximum atomic E-state index is 10.3. The predicted molar refractivity (Wildman–Crippen MR) is 38.9 cm³/mol. The Morgan fingerprint density at radius 1 is 1.73 bits per heavy atom. The molecule has 0 heterocycles. The molecule has 0 bridgehead atoms. The summed E-state index contributed by atoms with van der Waals surface area (Å²) < 4.78 is 0. The van der Waals surface area contributed by atoms with Crippen LogP contribution in [0.2, 0.25) is 0 Å². The highest BCUT2D eigenvalue weighted by Crippen LogP contribution is 2.41. The molecular formula is C7H13NO3. The van der Waals surface area contributed by atoms with Crippen molar-refractivity contribution in [2.75, 3.05) is 0 Å². The first-order valence-corrected chi connectivity index (χ1v) is 3.70. The second-order valence-corrected chi connectivity index (χ2v) is 3.23. The summed E-state index contributed by atoms with van der Waals surface area (Å²) in [6, 6.07) is -1.12. The molecule has 0 amide bonds. The highest BCUT2D eigenvalue weighted by Gasteiger charge is 2.43. The zero-order valence-electron chi connectivity index (χ0n) is 6.40. The molecule has 4 N–H and O–H groups in total. The van der Waals surface area contributed by atoms with Gasteiger partial charge in [-0.1, -0.05) is 6.92 Å². The van der Waals surface area contributed by atoms with Gasteiger partial charge < -0.3 is 15.9 Å². The molecule has 1 saturated carbocycles.